The molecule has 0 aliphatic heterocycles. The maximum Gasteiger partial charge on any atom is 0.573 e. The number of H-pyrrole nitrogens is 1. The van der Waals surface area contributed by atoms with E-state index in [2.05, 4.69) is 31.7 Å². The number of nitrogens with one attached hydrogen (secondary N) is 1. The number of ether oxygens (including phenoxy) is 1. The molecule has 1 saturated carbocycles. The number of benzene rings is 2. The minimum atomic E-state index is -4.85. The molecule has 0 saturated heterocycles. The van der Waals surface area contributed by atoms with Crippen LogP contribution in [0.5, 0.6) is 5.75 Å². The number of aryl methyl sites for hydroxylation is 1. The fourth-order valence-corrected chi connectivity index (χ4v) is 4.76. The molecule has 1 atom stereocenters. The summed E-state index contributed by atoms with van der Waals surface area (Å²) in [4.78, 5) is 19.0. The highest BCUT2D eigenvalue weighted by Crippen LogP contribution is 2.40. The van der Waals surface area contributed by atoms with Crippen molar-refractivity contribution in [1.82, 2.24) is 15.1 Å². The molecular weight excluding hydrogens is 487 g/mol. The summed E-state index contributed by atoms with van der Waals surface area (Å²) in [6.07, 6.45) is -1.27. The van der Waals surface area contributed by atoms with Gasteiger partial charge in [0.05, 0.1) is 6.42 Å². The van der Waals surface area contributed by atoms with Crippen LogP contribution in [-0.4, -0.2) is 32.6 Å². The highest BCUT2D eigenvalue weighted by Gasteiger charge is 2.32. The predicted octanol–water partition coefficient (Wildman–Crippen LogP) is 6.05. The van der Waals surface area contributed by atoms with Gasteiger partial charge in [-0.2, -0.15) is 4.98 Å². The van der Waals surface area contributed by atoms with Crippen LogP contribution in [0.4, 0.5) is 13.2 Å². The predicted molar refractivity (Wildman–Crippen MR) is 127 cm³/mol. The maximum absolute atomic E-state index is 12.9. The number of rotatable bonds is 5. The van der Waals surface area contributed by atoms with Gasteiger partial charge in [0.15, 0.2) is 0 Å². The van der Waals surface area contributed by atoms with Gasteiger partial charge in [0, 0.05) is 45.1 Å². The fraction of sp³-hybridized carbons (Fsp3) is 0.296. The van der Waals surface area contributed by atoms with E-state index in [1.54, 1.807) is 6.07 Å². The third-order valence-electron chi connectivity index (χ3n) is 6.58. The average Bonchev–Trinajstić information content (AvgIpc) is 3.22. The lowest BCUT2D eigenvalue weighted by Gasteiger charge is -2.10. The van der Waals surface area contributed by atoms with E-state index in [1.165, 1.54) is 12.1 Å². The summed E-state index contributed by atoms with van der Waals surface area (Å²) < 4.78 is 48.2. The van der Waals surface area contributed by atoms with Crippen molar-refractivity contribution >= 4 is 16.9 Å². The third kappa shape index (κ3) is 4.89. The van der Waals surface area contributed by atoms with Gasteiger partial charge in [0.1, 0.15) is 5.75 Å². The van der Waals surface area contributed by atoms with Crippen LogP contribution in [0.1, 0.15) is 48.4 Å². The molecule has 2 N–H and O–H groups in total. The normalized spacial score (nSPS) is 16.9. The summed E-state index contributed by atoms with van der Waals surface area (Å²) in [5.74, 6) is 5.24. The van der Waals surface area contributed by atoms with E-state index in [9.17, 15) is 23.1 Å². The molecule has 1 unspecified atom stereocenters. The van der Waals surface area contributed by atoms with Gasteiger partial charge in [-0.05, 0) is 67.6 Å². The molecule has 2 aliphatic rings. The van der Waals surface area contributed by atoms with Crippen molar-refractivity contribution in [1.29, 1.82) is 0 Å². The lowest BCUT2D eigenvalue weighted by molar-refractivity contribution is -0.274. The van der Waals surface area contributed by atoms with Crippen LogP contribution < -0.4 is 4.74 Å². The maximum atomic E-state index is 12.9. The average molecular weight is 507 g/mol. The molecule has 2 aromatic heterocycles. The molecule has 1 fully saturated rings. The summed E-state index contributed by atoms with van der Waals surface area (Å²) >= 11 is 0. The topological polar surface area (TPSA) is 101 Å². The van der Waals surface area contributed by atoms with Gasteiger partial charge in [0.25, 0.3) is 5.89 Å². The van der Waals surface area contributed by atoms with E-state index in [0.717, 1.165) is 47.8 Å². The minimum Gasteiger partial charge on any atom is -0.481 e. The van der Waals surface area contributed by atoms with Gasteiger partial charge in [-0.1, -0.05) is 17.0 Å². The molecule has 7 nitrogen and oxygen atoms in total. The van der Waals surface area contributed by atoms with Crippen LogP contribution in [-0.2, 0) is 11.2 Å². The zero-order valence-electron chi connectivity index (χ0n) is 19.4. The molecule has 37 heavy (non-hydrogen) atoms. The van der Waals surface area contributed by atoms with Crippen molar-refractivity contribution < 1.29 is 32.3 Å². The molecule has 4 aromatic rings. The first kappa shape index (κ1) is 23.2. The molecule has 2 aliphatic carbocycles. The number of aliphatic carboxylic acids is 1. The first-order valence-electron chi connectivity index (χ1n) is 11.8. The Morgan fingerprint density at radius 1 is 1.16 bits per heavy atom. The van der Waals surface area contributed by atoms with Crippen LogP contribution in [0.3, 0.4) is 0 Å². The molecule has 0 spiro atoms. The van der Waals surface area contributed by atoms with Crippen LogP contribution in [0.15, 0.2) is 40.9 Å². The van der Waals surface area contributed by atoms with Gasteiger partial charge in [0.2, 0.25) is 5.82 Å². The van der Waals surface area contributed by atoms with E-state index >= 15 is 0 Å². The Morgan fingerprint density at radius 3 is 2.76 bits per heavy atom. The molecule has 188 valence electrons. The Kier molecular flexibility index (Phi) is 5.44. The van der Waals surface area contributed by atoms with Crippen molar-refractivity contribution in [3.63, 3.8) is 0 Å². The number of carbonyl (C=O) groups is 1. The SMILES string of the molecule is O=C(O)CC1CCc2c1[nH]c1ccc(-c3noc(-c4cc(C#CC5CC5)cc(OC(F)(F)F)c4)n3)cc21. The van der Waals surface area contributed by atoms with Crippen molar-refractivity contribution in [3.8, 4) is 40.4 Å². The Bertz CT molecular complexity index is 1590. The second-order valence-corrected chi connectivity index (χ2v) is 9.37. The Labute approximate surface area is 208 Å². The largest absolute Gasteiger partial charge is 0.573 e. The van der Waals surface area contributed by atoms with Crippen LogP contribution in [0.25, 0.3) is 33.7 Å². The molecule has 6 rings (SSSR count). The van der Waals surface area contributed by atoms with Crippen molar-refractivity contribution in [2.24, 2.45) is 5.92 Å². The molecule has 10 heteroatoms. The molecule has 2 aromatic carbocycles. The monoisotopic (exact) mass is 507 g/mol. The molecular formula is C27H20F3N3O4. The van der Waals surface area contributed by atoms with E-state index in [-0.39, 0.29) is 35.5 Å². The molecule has 0 amide bonds. The van der Waals surface area contributed by atoms with E-state index in [1.807, 2.05) is 18.2 Å². The number of carboxylic acid groups (broad SMARTS) is 1. The first-order valence-corrected chi connectivity index (χ1v) is 11.8. The van der Waals surface area contributed by atoms with Gasteiger partial charge in [-0.25, -0.2) is 0 Å². The van der Waals surface area contributed by atoms with E-state index in [4.69, 9.17) is 4.52 Å². The van der Waals surface area contributed by atoms with Crippen LogP contribution >= 0.6 is 0 Å². The number of alkyl halides is 3. The molecule has 2 heterocycles. The van der Waals surface area contributed by atoms with Crippen molar-refractivity contribution in [3.05, 3.63) is 53.2 Å². The number of hydrogen-bond donors (Lipinski definition) is 2. The van der Waals surface area contributed by atoms with Crippen molar-refractivity contribution in [2.45, 2.75) is 44.4 Å². The fourth-order valence-electron chi connectivity index (χ4n) is 4.76. The second kappa shape index (κ2) is 8.69. The quantitative estimate of drug-likeness (QED) is 0.319. The third-order valence-corrected chi connectivity index (χ3v) is 6.58. The number of carboxylic acids is 1. The molecule has 0 radical (unpaired) electrons. The van der Waals surface area contributed by atoms with E-state index < -0.39 is 18.1 Å². The number of nitrogens with zero attached hydrogens (tertiary/aromatic N) is 2. The minimum absolute atomic E-state index is 0.0398. The van der Waals surface area contributed by atoms with Gasteiger partial charge in [-0.3, -0.25) is 4.79 Å². The number of aromatic nitrogens is 3. The number of fused-ring (bicyclic) bond motifs is 3. The number of hydrogen-bond acceptors (Lipinski definition) is 5. The summed E-state index contributed by atoms with van der Waals surface area (Å²) in [5, 5.41) is 14.2. The highest BCUT2D eigenvalue weighted by atomic mass is 19.4. The summed E-state index contributed by atoms with van der Waals surface area (Å²) in [6.45, 7) is 0. The number of halogens is 3. The van der Waals surface area contributed by atoms with Crippen LogP contribution in [0.2, 0.25) is 0 Å². The summed E-state index contributed by atoms with van der Waals surface area (Å²) in [6, 6.07) is 9.63. The lowest BCUT2D eigenvalue weighted by Crippen LogP contribution is -2.17. The Balaban J connectivity index is 1.33. The van der Waals surface area contributed by atoms with Gasteiger partial charge < -0.3 is 19.4 Å². The highest BCUT2D eigenvalue weighted by molar-refractivity contribution is 5.89. The summed E-state index contributed by atoms with van der Waals surface area (Å²) in [7, 11) is 0. The summed E-state index contributed by atoms with van der Waals surface area (Å²) in [5.41, 5.74) is 4.22. The zero-order valence-corrected chi connectivity index (χ0v) is 19.4. The Hall–Kier alpha value is -4.26. The van der Waals surface area contributed by atoms with E-state index in [0.29, 0.717) is 11.1 Å². The molecule has 0 bridgehead atoms. The van der Waals surface area contributed by atoms with Crippen molar-refractivity contribution in [2.75, 3.05) is 0 Å². The lowest BCUT2D eigenvalue weighted by atomic mass is 10.0. The first-order chi connectivity index (χ1) is 17.7. The standard InChI is InChI=1S/C27H20F3N3O4/c28-27(29,30)36-19-10-15(4-3-14-1-2-14)9-18(11-19)26-32-25(33-37-26)17-6-8-22-21(12-17)20-7-5-16(13-23(34)35)24(20)31-22/h6,8-12,14,16,31H,1-2,5,7,13H2,(H,34,35). The smallest absolute Gasteiger partial charge is 0.481 e. The van der Waals surface area contributed by atoms with Gasteiger partial charge >= 0.3 is 12.3 Å². The van der Waals surface area contributed by atoms with Gasteiger partial charge in [-0.15, -0.1) is 13.2 Å². The van der Waals surface area contributed by atoms with Crippen LogP contribution in [0, 0.1) is 17.8 Å². The second-order valence-electron chi connectivity index (χ2n) is 9.37. The Morgan fingerprint density at radius 2 is 2.00 bits per heavy atom. The zero-order chi connectivity index (χ0) is 25.7. The number of aromatic amines is 1.